The molecule has 3 heterocycles. The number of nitrogens with zero attached hydrogens (tertiary/aromatic N) is 4. The van der Waals surface area contributed by atoms with Crippen LogP contribution >= 0.6 is 0 Å². The topological polar surface area (TPSA) is 85.8 Å². The first-order valence-corrected chi connectivity index (χ1v) is 8.40. The molecule has 3 aromatic heterocycles. The first-order valence-electron chi connectivity index (χ1n) is 8.40. The fourth-order valence-electron chi connectivity index (χ4n) is 2.92. The Morgan fingerprint density at radius 1 is 1.36 bits per heavy atom. The number of pyridine rings is 1. The van der Waals surface area contributed by atoms with Crippen molar-refractivity contribution in [1.82, 2.24) is 25.2 Å². The highest BCUT2D eigenvalue weighted by atomic mass is 16.5. The maximum atomic E-state index is 12.1. The lowest BCUT2D eigenvalue weighted by molar-refractivity contribution is 0.0951. The number of nitrogens with one attached hydrogen (secondary N) is 1. The van der Waals surface area contributed by atoms with Crippen LogP contribution in [0.1, 0.15) is 40.5 Å². The van der Waals surface area contributed by atoms with E-state index in [0.717, 1.165) is 29.9 Å². The van der Waals surface area contributed by atoms with Crippen molar-refractivity contribution in [1.29, 1.82) is 0 Å². The van der Waals surface area contributed by atoms with Crippen molar-refractivity contribution in [2.24, 2.45) is 0 Å². The molecule has 0 saturated heterocycles. The molecule has 7 nitrogen and oxygen atoms in total. The number of carbonyl (C=O) groups is 1. The standard InChI is InChI=1S/C18H19N5O2/c1-12-10-16(25-22-12)15-11-21-23(17(15)13-2-3-13)9-8-20-18(24)14-4-6-19-7-5-14/h4-7,10-11,13H,2-3,8-9H2,1H3,(H,20,24). The van der Waals surface area contributed by atoms with Gasteiger partial charge in [0.15, 0.2) is 5.76 Å². The Bertz CT molecular complexity index is 880. The van der Waals surface area contributed by atoms with Gasteiger partial charge in [0.2, 0.25) is 0 Å². The molecule has 1 aliphatic rings. The second-order valence-electron chi connectivity index (χ2n) is 6.27. The van der Waals surface area contributed by atoms with E-state index < -0.39 is 0 Å². The first-order chi connectivity index (χ1) is 12.2. The molecule has 0 unspecified atom stereocenters. The molecule has 0 bridgehead atoms. The zero-order valence-electron chi connectivity index (χ0n) is 14.0. The Balaban J connectivity index is 1.46. The van der Waals surface area contributed by atoms with E-state index in [9.17, 15) is 4.79 Å². The van der Waals surface area contributed by atoms with E-state index in [1.807, 2.05) is 23.9 Å². The zero-order valence-corrected chi connectivity index (χ0v) is 14.0. The highest BCUT2D eigenvalue weighted by molar-refractivity contribution is 5.93. The predicted octanol–water partition coefficient (Wildman–Crippen LogP) is 2.55. The second kappa shape index (κ2) is 6.51. The largest absolute Gasteiger partial charge is 0.356 e. The maximum Gasteiger partial charge on any atom is 0.251 e. The Morgan fingerprint density at radius 3 is 2.84 bits per heavy atom. The average Bonchev–Trinajstić information content (AvgIpc) is 3.24. The summed E-state index contributed by atoms with van der Waals surface area (Å²) in [6.07, 6.45) is 7.38. The van der Waals surface area contributed by atoms with Crippen molar-refractivity contribution >= 4 is 5.91 Å². The van der Waals surface area contributed by atoms with Gasteiger partial charge in [-0.3, -0.25) is 14.5 Å². The van der Waals surface area contributed by atoms with Crippen LogP contribution in [0, 0.1) is 6.92 Å². The zero-order chi connectivity index (χ0) is 17.2. The minimum absolute atomic E-state index is 0.103. The molecule has 0 aromatic carbocycles. The van der Waals surface area contributed by atoms with Crippen LogP contribution in [0.3, 0.4) is 0 Å². The third-order valence-electron chi connectivity index (χ3n) is 4.29. The van der Waals surface area contributed by atoms with Crippen molar-refractivity contribution < 1.29 is 9.32 Å². The molecule has 0 spiro atoms. The molecule has 128 valence electrons. The van der Waals surface area contributed by atoms with Crippen molar-refractivity contribution in [3.8, 4) is 11.3 Å². The summed E-state index contributed by atoms with van der Waals surface area (Å²) in [7, 11) is 0. The Kier molecular flexibility index (Phi) is 4.05. The summed E-state index contributed by atoms with van der Waals surface area (Å²) in [6.45, 7) is 3.04. The van der Waals surface area contributed by atoms with Gasteiger partial charge in [-0.2, -0.15) is 5.10 Å². The van der Waals surface area contributed by atoms with Crippen LogP contribution in [-0.4, -0.2) is 32.4 Å². The van der Waals surface area contributed by atoms with Crippen molar-refractivity contribution in [2.75, 3.05) is 6.54 Å². The van der Waals surface area contributed by atoms with Crippen LogP contribution in [0.2, 0.25) is 0 Å². The van der Waals surface area contributed by atoms with Gasteiger partial charge in [-0.25, -0.2) is 0 Å². The average molecular weight is 337 g/mol. The molecule has 1 aliphatic carbocycles. The predicted molar refractivity (Wildman–Crippen MR) is 91.0 cm³/mol. The molecule has 7 heteroatoms. The molecule has 0 radical (unpaired) electrons. The van der Waals surface area contributed by atoms with Gasteiger partial charge < -0.3 is 9.84 Å². The van der Waals surface area contributed by atoms with Crippen LogP contribution in [-0.2, 0) is 6.54 Å². The minimum atomic E-state index is -0.103. The molecule has 4 rings (SSSR count). The highest BCUT2D eigenvalue weighted by Crippen LogP contribution is 2.44. The van der Waals surface area contributed by atoms with E-state index in [2.05, 4.69) is 20.6 Å². The summed E-state index contributed by atoms with van der Waals surface area (Å²) in [4.78, 5) is 16.0. The Morgan fingerprint density at radius 2 is 2.16 bits per heavy atom. The molecule has 0 atom stereocenters. The third kappa shape index (κ3) is 3.31. The fraction of sp³-hybridized carbons (Fsp3) is 0.333. The number of aryl methyl sites for hydroxylation is 1. The van der Waals surface area contributed by atoms with Gasteiger partial charge in [0.25, 0.3) is 5.91 Å². The third-order valence-corrected chi connectivity index (χ3v) is 4.29. The summed E-state index contributed by atoms with van der Waals surface area (Å²) in [5.41, 5.74) is 3.64. The molecule has 3 aromatic rings. The first kappa shape index (κ1) is 15.6. The number of carbonyl (C=O) groups excluding carboxylic acids is 1. The quantitative estimate of drug-likeness (QED) is 0.747. The van der Waals surface area contributed by atoms with Crippen molar-refractivity contribution in [2.45, 2.75) is 32.2 Å². The van der Waals surface area contributed by atoms with Crippen molar-refractivity contribution in [3.63, 3.8) is 0 Å². The van der Waals surface area contributed by atoms with E-state index >= 15 is 0 Å². The number of rotatable bonds is 6. The van der Waals surface area contributed by atoms with Gasteiger partial charge in [-0.1, -0.05) is 5.16 Å². The Hall–Kier alpha value is -2.96. The molecular weight excluding hydrogens is 318 g/mol. The summed E-state index contributed by atoms with van der Waals surface area (Å²) >= 11 is 0. The van der Waals surface area contributed by atoms with Gasteiger partial charge in [-0.15, -0.1) is 0 Å². The van der Waals surface area contributed by atoms with E-state index in [1.165, 1.54) is 5.69 Å². The van der Waals surface area contributed by atoms with Crippen molar-refractivity contribution in [3.05, 3.63) is 53.7 Å². The van der Waals surface area contributed by atoms with Crippen LogP contribution in [0.4, 0.5) is 0 Å². The number of hydrogen-bond donors (Lipinski definition) is 1. The van der Waals surface area contributed by atoms with E-state index in [4.69, 9.17) is 4.52 Å². The lowest BCUT2D eigenvalue weighted by atomic mass is 10.1. The molecular formula is C18H19N5O2. The number of aromatic nitrogens is 4. The normalized spacial score (nSPS) is 13.8. The molecule has 1 fully saturated rings. The summed E-state index contributed by atoms with van der Waals surface area (Å²) in [5.74, 6) is 1.17. The van der Waals surface area contributed by atoms with E-state index in [0.29, 0.717) is 24.6 Å². The maximum absolute atomic E-state index is 12.1. The van der Waals surface area contributed by atoms with Crippen LogP contribution in [0.5, 0.6) is 0 Å². The summed E-state index contributed by atoms with van der Waals surface area (Å²) < 4.78 is 7.37. The Labute approximate surface area is 145 Å². The van der Waals surface area contributed by atoms with Gasteiger partial charge in [0, 0.05) is 36.5 Å². The van der Waals surface area contributed by atoms with Crippen LogP contribution < -0.4 is 5.32 Å². The van der Waals surface area contributed by atoms with Gasteiger partial charge >= 0.3 is 0 Å². The SMILES string of the molecule is Cc1cc(-c2cnn(CCNC(=O)c3ccncc3)c2C2CC2)on1. The molecule has 1 amide bonds. The van der Waals surface area contributed by atoms with Gasteiger partial charge in [-0.05, 0) is 31.9 Å². The van der Waals surface area contributed by atoms with Crippen LogP contribution in [0.15, 0.2) is 41.3 Å². The van der Waals surface area contributed by atoms with E-state index in [1.54, 1.807) is 24.5 Å². The molecule has 1 N–H and O–H groups in total. The monoisotopic (exact) mass is 337 g/mol. The number of amides is 1. The van der Waals surface area contributed by atoms with Gasteiger partial charge in [0.1, 0.15) is 0 Å². The lowest BCUT2D eigenvalue weighted by Crippen LogP contribution is -2.27. The van der Waals surface area contributed by atoms with E-state index in [-0.39, 0.29) is 5.91 Å². The number of hydrogen-bond acceptors (Lipinski definition) is 5. The summed E-state index contributed by atoms with van der Waals surface area (Å²) in [5, 5.41) is 11.4. The van der Waals surface area contributed by atoms with Crippen LogP contribution in [0.25, 0.3) is 11.3 Å². The smallest absolute Gasteiger partial charge is 0.251 e. The molecule has 25 heavy (non-hydrogen) atoms. The fourth-order valence-corrected chi connectivity index (χ4v) is 2.92. The van der Waals surface area contributed by atoms with Gasteiger partial charge in [0.05, 0.1) is 29.7 Å². The molecule has 0 aliphatic heterocycles. The lowest BCUT2D eigenvalue weighted by Gasteiger charge is -2.09. The second-order valence-corrected chi connectivity index (χ2v) is 6.27. The molecule has 1 saturated carbocycles. The highest BCUT2D eigenvalue weighted by Gasteiger charge is 2.31. The summed E-state index contributed by atoms with van der Waals surface area (Å²) in [6, 6.07) is 5.32. The minimum Gasteiger partial charge on any atom is -0.356 e.